The maximum Gasteiger partial charge on any atom is 0.307 e. The van der Waals surface area contributed by atoms with E-state index in [0.717, 1.165) is 12.8 Å². The molecule has 0 radical (unpaired) electrons. The lowest BCUT2D eigenvalue weighted by atomic mass is 10.1. The Kier molecular flexibility index (Phi) is 6.51. The molecular weight excluding hydrogens is 380 g/mol. The summed E-state index contributed by atoms with van der Waals surface area (Å²) in [7, 11) is -3.56. The first kappa shape index (κ1) is 20.5. The van der Waals surface area contributed by atoms with Gasteiger partial charge in [-0.05, 0) is 37.8 Å². The van der Waals surface area contributed by atoms with Crippen molar-refractivity contribution in [3.8, 4) is 0 Å². The molecule has 1 fully saturated rings. The summed E-state index contributed by atoms with van der Waals surface area (Å²) < 4.78 is 32.0. The molecule has 7 nitrogen and oxygen atoms in total. The molecule has 0 saturated carbocycles. The molecule has 0 bridgehead atoms. The Bertz CT molecular complexity index is 829. The van der Waals surface area contributed by atoms with Gasteiger partial charge in [0.05, 0.1) is 11.3 Å². The maximum atomic E-state index is 12.7. The monoisotopic (exact) mass is 406 g/mol. The average Bonchev–Trinajstić information content (AvgIpc) is 3.21. The van der Waals surface area contributed by atoms with E-state index in [4.69, 9.17) is 4.74 Å². The van der Waals surface area contributed by atoms with Crippen LogP contribution in [0.25, 0.3) is 0 Å². The van der Waals surface area contributed by atoms with Crippen molar-refractivity contribution >= 4 is 21.9 Å². The molecule has 1 aromatic carbocycles. The third kappa shape index (κ3) is 4.80. The number of benzene rings is 1. The summed E-state index contributed by atoms with van der Waals surface area (Å²) in [6, 6.07) is 8.26. The number of carbonyl (C=O) groups is 2. The first-order chi connectivity index (χ1) is 13.4. The van der Waals surface area contributed by atoms with Gasteiger partial charge >= 0.3 is 5.97 Å². The van der Waals surface area contributed by atoms with Crippen LogP contribution >= 0.6 is 0 Å². The van der Waals surface area contributed by atoms with Gasteiger partial charge in [0.15, 0.2) is 6.10 Å². The Morgan fingerprint density at radius 1 is 1.14 bits per heavy atom. The third-order valence-corrected chi connectivity index (χ3v) is 7.04. The van der Waals surface area contributed by atoms with Crippen molar-refractivity contribution < 1.29 is 22.7 Å². The number of rotatable bonds is 6. The van der Waals surface area contributed by atoms with Crippen LogP contribution in [0, 0.1) is 5.92 Å². The molecule has 1 saturated heterocycles. The van der Waals surface area contributed by atoms with Crippen molar-refractivity contribution in [2.45, 2.75) is 37.2 Å². The molecule has 0 spiro atoms. The van der Waals surface area contributed by atoms with Gasteiger partial charge in [-0.15, -0.1) is 0 Å². The number of piperazine rings is 1. The Morgan fingerprint density at radius 2 is 1.82 bits per heavy atom. The van der Waals surface area contributed by atoms with Crippen molar-refractivity contribution in [2.75, 3.05) is 26.2 Å². The number of hydrogen-bond donors (Lipinski definition) is 0. The molecule has 28 heavy (non-hydrogen) atoms. The molecule has 2 atom stereocenters. The first-order valence-electron chi connectivity index (χ1n) is 9.58. The number of esters is 1. The van der Waals surface area contributed by atoms with Crippen molar-refractivity contribution in [3.05, 3.63) is 42.5 Å². The highest BCUT2D eigenvalue weighted by atomic mass is 32.2. The van der Waals surface area contributed by atoms with Crippen molar-refractivity contribution in [1.29, 1.82) is 0 Å². The third-order valence-electron chi connectivity index (χ3n) is 5.13. The van der Waals surface area contributed by atoms with Gasteiger partial charge in [-0.3, -0.25) is 9.59 Å². The Morgan fingerprint density at radius 3 is 2.43 bits per heavy atom. The highest BCUT2D eigenvalue weighted by Crippen LogP contribution is 2.21. The molecule has 1 heterocycles. The Hall–Kier alpha value is -2.19. The lowest BCUT2D eigenvalue weighted by Crippen LogP contribution is -2.52. The van der Waals surface area contributed by atoms with Crippen LogP contribution in [0.4, 0.5) is 0 Å². The van der Waals surface area contributed by atoms with Gasteiger partial charge in [-0.1, -0.05) is 30.4 Å². The SMILES string of the molecule is C[C@@H](OC(=O)C[C@@H]1C=CCC1)C(=O)N1CCN(S(=O)(=O)c2ccccc2)CC1. The number of amides is 1. The molecule has 3 rings (SSSR count). The van der Waals surface area contributed by atoms with Crippen LogP contribution in [-0.4, -0.2) is 61.8 Å². The normalized spacial score (nSPS) is 21.5. The van der Waals surface area contributed by atoms with E-state index >= 15 is 0 Å². The summed E-state index contributed by atoms with van der Waals surface area (Å²) in [6.45, 7) is 2.56. The fraction of sp³-hybridized carbons (Fsp3) is 0.500. The van der Waals surface area contributed by atoms with Gasteiger partial charge < -0.3 is 9.64 Å². The predicted molar refractivity (Wildman–Crippen MR) is 104 cm³/mol. The molecule has 1 aromatic rings. The first-order valence-corrected chi connectivity index (χ1v) is 11.0. The van der Waals surface area contributed by atoms with Crippen LogP contribution < -0.4 is 0 Å². The van der Waals surface area contributed by atoms with Crippen LogP contribution in [0.3, 0.4) is 0 Å². The smallest absolute Gasteiger partial charge is 0.307 e. The molecule has 1 aliphatic heterocycles. The van der Waals surface area contributed by atoms with E-state index in [2.05, 4.69) is 6.08 Å². The molecule has 2 aliphatic rings. The quantitative estimate of drug-likeness (QED) is 0.531. The van der Waals surface area contributed by atoms with Gasteiger partial charge in [0.2, 0.25) is 10.0 Å². The second-order valence-electron chi connectivity index (χ2n) is 7.14. The zero-order chi connectivity index (χ0) is 20.1. The van der Waals surface area contributed by atoms with Gasteiger partial charge in [0.25, 0.3) is 5.91 Å². The molecule has 8 heteroatoms. The van der Waals surface area contributed by atoms with Crippen LogP contribution in [0.1, 0.15) is 26.2 Å². The molecule has 152 valence electrons. The summed E-state index contributed by atoms with van der Waals surface area (Å²) in [6.07, 6.45) is 5.40. The van der Waals surface area contributed by atoms with E-state index in [9.17, 15) is 18.0 Å². The molecule has 1 aliphatic carbocycles. The van der Waals surface area contributed by atoms with Crippen LogP contribution in [-0.2, 0) is 24.3 Å². The molecule has 0 aromatic heterocycles. The van der Waals surface area contributed by atoms with Gasteiger partial charge in [-0.25, -0.2) is 8.42 Å². The maximum absolute atomic E-state index is 12.7. The van der Waals surface area contributed by atoms with Gasteiger partial charge in [0, 0.05) is 26.2 Å². The van der Waals surface area contributed by atoms with E-state index in [1.807, 2.05) is 6.08 Å². The largest absolute Gasteiger partial charge is 0.453 e. The zero-order valence-corrected chi connectivity index (χ0v) is 16.8. The van der Waals surface area contributed by atoms with E-state index in [1.165, 1.54) is 4.31 Å². The molecule has 0 unspecified atom stereocenters. The van der Waals surface area contributed by atoms with Crippen LogP contribution in [0.2, 0.25) is 0 Å². The lowest BCUT2D eigenvalue weighted by molar-refractivity contribution is -0.160. The number of hydrogen-bond acceptors (Lipinski definition) is 5. The second-order valence-corrected chi connectivity index (χ2v) is 9.08. The molecule has 0 N–H and O–H groups in total. The van der Waals surface area contributed by atoms with Crippen molar-refractivity contribution in [3.63, 3.8) is 0 Å². The fourth-order valence-electron chi connectivity index (χ4n) is 3.52. The predicted octanol–water partition coefficient (Wildman–Crippen LogP) is 1.81. The highest BCUT2D eigenvalue weighted by molar-refractivity contribution is 7.89. The average molecular weight is 407 g/mol. The van der Waals surface area contributed by atoms with Crippen LogP contribution in [0.5, 0.6) is 0 Å². The number of ether oxygens (including phenoxy) is 1. The number of allylic oxidation sites excluding steroid dienone is 2. The van der Waals surface area contributed by atoms with Crippen LogP contribution in [0.15, 0.2) is 47.4 Å². The zero-order valence-electron chi connectivity index (χ0n) is 16.0. The Balaban J connectivity index is 1.50. The molecular formula is C20H26N2O5S. The number of sulfonamides is 1. The summed E-state index contributed by atoms with van der Waals surface area (Å²) in [5.74, 6) is -0.462. The lowest BCUT2D eigenvalue weighted by Gasteiger charge is -2.35. The van der Waals surface area contributed by atoms with Gasteiger partial charge in [-0.2, -0.15) is 4.31 Å². The summed E-state index contributed by atoms with van der Waals surface area (Å²) in [5.41, 5.74) is 0. The second kappa shape index (κ2) is 8.87. The van der Waals surface area contributed by atoms with E-state index < -0.39 is 16.1 Å². The fourth-order valence-corrected chi connectivity index (χ4v) is 4.97. The standard InChI is InChI=1S/C20H26N2O5S/c1-16(27-19(23)15-17-7-5-6-8-17)20(24)21-11-13-22(14-12-21)28(25,26)18-9-3-2-4-10-18/h2-5,7,9-10,16-17H,6,8,11-15H2,1H3/t16-,17-/m1/s1. The molecule has 1 amide bonds. The summed E-state index contributed by atoms with van der Waals surface area (Å²) in [5, 5.41) is 0. The minimum Gasteiger partial charge on any atom is -0.453 e. The van der Waals surface area contributed by atoms with Gasteiger partial charge in [0.1, 0.15) is 0 Å². The van der Waals surface area contributed by atoms with E-state index in [1.54, 1.807) is 42.2 Å². The number of carbonyl (C=O) groups excluding carboxylic acids is 2. The number of nitrogens with zero attached hydrogens (tertiary/aromatic N) is 2. The van der Waals surface area contributed by atoms with E-state index in [-0.39, 0.29) is 55.3 Å². The minimum absolute atomic E-state index is 0.196. The minimum atomic E-state index is -3.56. The van der Waals surface area contributed by atoms with E-state index in [0.29, 0.717) is 0 Å². The Labute approximate surface area is 166 Å². The van der Waals surface area contributed by atoms with Crippen molar-refractivity contribution in [2.24, 2.45) is 5.92 Å². The highest BCUT2D eigenvalue weighted by Gasteiger charge is 2.32. The topological polar surface area (TPSA) is 84.0 Å². The summed E-state index contributed by atoms with van der Waals surface area (Å²) >= 11 is 0. The van der Waals surface area contributed by atoms with Crippen molar-refractivity contribution in [1.82, 2.24) is 9.21 Å². The summed E-state index contributed by atoms with van der Waals surface area (Å²) in [4.78, 5) is 26.4.